The lowest BCUT2D eigenvalue weighted by Gasteiger charge is -2.26. The van der Waals surface area contributed by atoms with Crippen molar-refractivity contribution in [3.05, 3.63) is 58.3 Å². The monoisotopic (exact) mass is 344 g/mol. The molecular formula is C19H28N4S. The van der Waals surface area contributed by atoms with E-state index in [1.807, 2.05) is 7.05 Å². The van der Waals surface area contributed by atoms with Crippen LogP contribution in [0.3, 0.4) is 0 Å². The van der Waals surface area contributed by atoms with Crippen LogP contribution in [0.5, 0.6) is 0 Å². The van der Waals surface area contributed by atoms with Crippen molar-refractivity contribution < 1.29 is 0 Å². The van der Waals surface area contributed by atoms with Crippen LogP contribution in [-0.4, -0.2) is 45.1 Å². The fourth-order valence-corrected chi connectivity index (χ4v) is 3.39. The summed E-state index contributed by atoms with van der Waals surface area (Å²) in [6.07, 6.45) is 0. The minimum absolute atomic E-state index is 0.305. The summed E-state index contributed by atoms with van der Waals surface area (Å²) in [6, 6.07) is 13.0. The summed E-state index contributed by atoms with van der Waals surface area (Å²) in [4.78, 5) is 6.57. The lowest BCUT2D eigenvalue weighted by Crippen LogP contribution is -2.42. The average molecular weight is 345 g/mol. The standard InChI is InChI=1S/C19H28N4S/c1-15(17-10-11-24-14-17)12-21-19(20-2)22-13-18(23(3)4)16-8-6-5-7-9-16/h5-11,14-15,18H,12-13H2,1-4H3,(H2,20,21,22). The Morgan fingerprint density at radius 3 is 2.38 bits per heavy atom. The van der Waals surface area contributed by atoms with Crippen LogP contribution in [0.2, 0.25) is 0 Å². The van der Waals surface area contributed by atoms with Crippen LogP contribution in [0, 0.1) is 0 Å². The molecule has 1 heterocycles. The summed E-state index contributed by atoms with van der Waals surface area (Å²) >= 11 is 1.74. The third-order valence-corrected chi connectivity index (χ3v) is 4.88. The first-order valence-electron chi connectivity index (χ1n) is 8.29. The Labute approximate surface area is 149 Å². The summed E-state index contributed by atoms with van der Waals surface area (Å²) in [5.74, 6) is 1.31. The van der Waals surface area contributed by atoms with Gasteiger partial charge in [-0.15, -0.1) is 0 Å². The van der Waals surface area contributed by atoms with Crippen molar-refractivity contribution in [3.8, 4) is 0 Å². The van der Waals surface area contributed by atoms with Crippen LogP contribution in [0.25, 0.3) is 0 Å². The van der Waals surface area contributed by atoms with Crippen LogP contribution in [-0.2, 0) is 0 Å². The topological polar surface area (TPSA) is 39.7 Å². The second-order valence-corrected chi connectivity index (χ2v) is 6.96. The van der Waals surface area contributed by atoms with Gasteiger partial charge in [0, 0.05) is 20.1 Å². The lowest BCUT2D eigenvalue weighted by atomic mass is 10.1. The Kier molecular flexibility index (Phi) is 7.28. The molecule has 5 heteroatoms. The normalized spacial score (nSPS) is 14.5. The quantitative estimate of drug-likeness (QED) is 0.598. The molecule has 24 heavy (non-hydrogen) atoms. The zero-order valence-corrected chi connectivity index (χ0v) is 15.8. The molecule has 1 aromatic carbocycles. The fourth-order valence-electron chi connectivity index (χ4n) is 2.61. The number of hydrogen-bond acceptors (Lipinski definition) is 3. The maximum absolute atomic E-state index is 4.34. The summed E-state index contributed by atoms with van der Waals surface area (Å²) in [5.41, 5.74) is 2.68. The molecule has 0 aliphatic heterocycles. The summed E-state index contributed by atoms with van der Waals surface area (Å²) in [5, 5.41) is 11.2. The largest absolute Gasteiger partial charge is 0.356 e. The van der Waals surface area contributed by atoms with E-state index in [0.29, 0.717) is 12.0 Å². The molecule has 0 saturated heterocycles. The molecule has 0 spiro atoms. The first kappa shape index (κ1) is 18.5. The van der Waals surface area contributed by atoms with Gasteiger partial charge in [0.25, 0.3) is 0 Å². The lowest BCUT2D eigenvalue weighted by molar-refractivity contribution is 0.298. The molecule has 0 aliphatic carbocycles. The highest BCUT2D eigenvalue weighted by Crippen LogP contribution is 2.18. The molecule has 2 atom stereocenters. The number of aliphatic imine (C=N–C) groups is 1. The van der Waals surface area contributed by atoms with Gasteiger partial charge in [0.2, 0.25) is 0 Å². The Balaban J connectivity index is 1.88. The number of hydrogen-bond donors (Lipinski definition) is 2. The summed E-state index contributed by atoms with van der Waals surface area (Å²) in [6.45, 7) is 3.91. The van der Waals surface area contributed by atoms with Gasteiger partial charge in [-0.3, -0.25) is 4.99 Å². The highest BCUT2D eigenvalue weighted by atomic mass is 32.1. The van der Waals surface area contributed by atoms with Crippen molar-refractivity contribution in [1.82, 2.24) is 15.5 Å². The molecule has 0 bridgehead atoms. The van der Waals surface area contributed by atoms with E-state index in [-0.39, 0.29) is 0 Å². The Hall–Kier alpha value is -1.85. The summed E-state index contributed by atoms with van der Waals surface area (Å²) < 4.78 is 0. The average Bonchev–Trinajstić information content (AvgIpc) is 3.13. The van der Waals surface area contributed by atoms with Gasteiger partial charge >= 0.3 is 0 Å². The van der Waals surface area contributed by atoms with Crippen molar-refractivity contribution in [3.63, 3.8) is 0 Å². The van der Waals surface area contributed by atoms with Crippen LogP contribution < -0.4 is 10.6 Å². The van der Waals surface area contributed by atoms with Gasteiger partial charge in [-0.2, -0.15) is 11.3 Å². The van der Waals surface area contributed by atoms with Crippen LogP contribution in [0.4, 0.5) is 0 Å². The maximum atomic E-state index is 4.34. The Morgan fingerprint density at radius 1 is 1.08 bits per heavy atom. The van der Waals surface area contributed by atoms with E-state index in [2.05, 4.69) is 88.7 Å². The SMILES string of the molecule is CN=C(NCC(C)c1ccsc1)NCC(c1ccccc1)N(C)C. The van der Waals surface area contributed by atoms with Crippen molar-refractivity contribution in [2.45, 2.75) is 18.9 Å². The van der Waals surface area contributed by atoms with Gasteiger partial charge in [-0.1, -0.05) is 37.3 Å². The van der Waals surface area contributed by atoms with Gasteiger partial charge in [0.05, 0.1) is 6.04 Å². The molecule has 0 aliphatic rings. The molecule has 0 fully saturated rings. The van der Waals surface area contributed by atoms with Crippen LogP contribution >= 0.6 is 11.3 Å². The molecule has 2 N–H and O–H groups in total. The molecule has 0 radical (unpaired) electrons. The zero-order valence-electron chi connectivity index (χ0n) is 15.0. The van der Waals surface area contributed by atoms with E-state index in [9.17, 15) is 0 Å². The fraction of sp³-hybridized carbons (Fsp3) is 0.421. The van der Waals surface area contributed by atoms with E-state index in [1.165, 1.54) is 11.1 Å². The molecule has 2 aromatic rings. The highest BCUT2D eigenvalue weighted by molar-refractivity contribution is 7.07. The number of nitrogens with one attached hydrogen (secondary N) is 2. The van der Waals surface area contributed by atoms with Gasteiger partial charge in [0.15, 0.2) is 5.96 Å². The van der Waals surface area contributed by atoms with E-state index in [1.54, 1.807) is 11.3 Å². The van der Waals surface area contributed by atoms with Crippen LogP contribution in [0.1, 0.15) is 30.0 Å². The van der Waals surface area contributed by atoms with E-state index < -0.39 is 0 Å². The molecule has 1 aromatic heterocycles. The Morgan fingerprint density at radius 2 is 1.79 bits per heavy atom. The summed E-state index contributed by atoms with van der Waals surface area (Å²) in [7, 11) is 6.03. The number of likely N-dealkylation sites (N-methyl/N-ethyl adjacent to an activating group) is 1. The van der Waals surface area contributed by atoms with E-state index in [0.717, 1.165) is 19.0 Å². The molecule has 2 rings (SSSR count). The molecule has 130 valence electrons. The van der Waals surface area contributed by atoms with Gasteiger partial charge in [-0.05, 0) is 48.0 Å². The molecule has 2 unspecified atom stereocenters. The molecule has 0 amide bonds. The predicted molar refractivity (Wildman–Crippen MR) is 105 cm³/mol. The predicted octanol–water partition coefficient (Wildman–Crippen LogP) is 3.32. The highest BCUT2D eigenvalue weighted by Gasteiger charge is 2.14. The van der Waals surface area contributed by atoms with Gasteiger partial charge in [-0.25, -0.2) is 0 Å². The number of rotatable bonds is 7. The first-order valence-corrected chi connectivity index (χ1v) is 9.24. The van der Waals surface area contributed by atoms with Crippen molar-refractivity contribution in [2.24, 2.45) is 4.99 Å². The second-order valence-electron chi connectivity index (χ2n) is 6.18. The minimum Gasteiger partial charge on any atom is -0.356 e. The van der Waals surface area contributed by atoms with Crippen LogP contribution in [0.15, 0.2) is 52.2 Å². The third-order valence-electron chi connectivity index (χ3n) is 4.18. The zero-order chi connectivity index (χ0) is 17.4. The second kappa shape index (κ2) is 9.45. The molecule has 4 nitrogen and oxygen atoms in total. The minimum atomic E-state index is 0.305. The van der Waals surface area contributed by atoms with Crippen molar-refractivity contribution >= 4 is 17.3 Å². The molecular weight excluding hydrogens is 316 g/mol. The van der Waals surface area contributed by atoms with Gasteiger partial charge in [0.1, 0.15) is 0 Å². The van der Waals surface area contributed by atoms with Crippen molar-refractivity contribution in [2.75, 3.05) is 34.2 Å². The third kappa shape index (κ3) is 5.35. The number of guanidine groups is 1. The first-order chi connectivity index (χ1) is 11.6. The maximum Gasteiger partial charge on any atom is 0.191 e. The van der Waals surface area contributed by atoms with E-state index >= 15 is 0 Å². The van der Waals surface area contributed by atoms with E-state index in [4.69, 9.17) is 0 Å². The van der Waals surface area contributed by atoms with Crippen molar-refractivity contribution in [1.29, 1.82) is 0 Å². The Bertz CT molecular complexity index is 608. The number of benzene rings is 1. The smallest absolute Gasteiger partial charge is 0.191 e. The molecule has 0 saturated carbocycles. The number of nitrogens with zero attached hydrogens (tertiary/aromatic N) is 2. The van der Waals surface area contributed by atoms with Gasteiger partial charge < -0.3 is 15.5 Å². The number of thiophene rings is 1.